The number of rotatable bonds is 1. The number of fused-ring (bicyclic) bond motifs is 1. The van der Waals surface area contributed by atoms with Crippen molar-refractivity contribution in [3.63, 3.8) is 0 Å². The minimum Gasteiger partial charge on any atom is -0.480 e. The molecule has 0 aromatic heterocycles. The van der Waals surface area contributed by atoms with Gasteiger partial charge in [-0.1, -0.05) is 18.2 Å². The third-order valence-corrected chi connectivity index (χ3v) is 3.85. The Hall–Kier alpha value is -1.16. The molecule has 13 heavy (non-hydrogen) atoms. The van der Waals surface area contributed by atoms with Crippen molar-refractivity contribution < 1.29 is 14.1 Å². The van der Waals surface area contributed by atoms with Crippen molar-refractivity contribution in [3.8, 4) is 0 Å². The summed E-state index contributed by atoms with van der Waals surface area (Å²) < 4.78 is 11.6. The minimum atomic E-state index is -1.37. The second kappa shape index (κ2) is 2.96. The third-order valence-electron chi connectivity index (χ3n) is 2.13. The van der Waals surface area contributed by atoms with Crippen LogP contribution >= 0.6 is 0 Å². The lowest BCUT2D eigenvalue weighted by atomic mass is 10.1. The number of carbonyl (C=O) groups is 1. The van der Waals surface area contributed by atoms with Crippen LogP contribution in [0.25, 0.3) is 0 Å². The standard InChI is InChI=1S/C9H8O3S/c10-9(11)8-5-6-3-1-2-4-7(6)13(8)12/h1-4,8H,5H2,(H,10,11). The Labute approximate surface area is 77.9 Å². The predicted octanol–water partition coefficient (Wildman–Crippen LogP) is 0.804. The van der Waals surface area contributed by atoms with Gasteiger partial charge in [-0.3, -0.25) is 9.00 Å². The molecule has 0 saturated carbocycles. The van der Waals surface area contributed by atoms with E-state index < -0.39 is 22.0 Å². The molecule has 0 spiro atoms. The van der Waals surface area contributed by atoms with Crippen LogP contribution < -0.4 is 0 Å². The summed E-state index contributed by atoms with van der Waals surface area (Å²) in [6.45, 7) is 0. The van der Waals surface area contributed by atoms with Crippen molar-refractivity contribution in [2.24, 2.45) is 0 Å². The summed E-state index contributed by atoms with van der Waals surface area (Å²) in [6, 6.07) is 7.17. The van der Waals surface area contributed by atoms with Gasteiger partial charge in [0.1, 0.15) is 5.25 Å². The van der Waals surface area contributed by atoms with Gasteiger partial charge >= 0.3 is 5.97 Å². The molecule has 1 aromatic rings. The van der Waals surface area contributed by atoms with Gasteiger partial charge in [0.25, 0.3) is 0 Å². The Morgan fingerprint density at radius 3 is 2.77 bits per heavy atom. The largest absolute Gasteiger partial charge is 0.480 e. The van der Waals surface area contributed by atoms with Gasteiger partial charge < -0.3 is 5.11 Å². The van der Waals surface area contributed by atoms with E-state index >= 15 is 0 Å². The van der Waals surface area contributed by atoms with Crippen molar-refractivity contribution in [2.75, 3.05) is 0 Å². The van der Waals surface area contributed by atoms with Crippen molar-refractivity contribution in [1.82, 2.24) is 0 Å². The zero-order chi connectivity index (χ0) is 9.42. The highest BCUT2D eigenvalue weighted by molar-refractivity contribution is 7.86. The molecule has 1 aliphatic rings. The van der Waals surface area contributed by atoms with Gasteiger partial charge in [0.15, 0.2) is 0 Å². The molecule has 4 heteroatoms. The first-order valence-electron chi connectivity index (χ1n) is 3.91. The van der Waals surface area contributed by atoms with Crippen molar-refractivity contribution >= 4 is 16.8 Å². The number of carboxylic acids is 1. The van der Waals surface area contributed by atoms with Crippen LogP contribution in [0.1, 0.15) is 5.56 Å². The third kappa shape index (κ3) is 1.27. The molecule has 1 aliphatic heterocycles. The molecule has 2 atom stereocenters. The van der Waals surface area contributed by atoms with E-state index in [1.165, 1.54) is 0 Å². The number of benzene rings is 1. The fourth-order valence-electron chi connectivity index (χ4n) is 1.48. The topological polar surface area (TPSA) is 54.4 Å². The molecule has 0 aliphatic carbocycles. The first-order valence-corrected chi connectivity index (χ1v) is 5.13. The summed E-state index contributed by atoms with van der Waals surface area (Å²) in [4.78, 5) is 11.4. The van der Waals surface area contributed by atoms with Crippen LogP contribution in [0, 0.1) is 0 Å². The Kier molecular flexibility index (Phi) is 1.92. The fourth-order valence-corrected chi connectivity index (χ4v) is 2.92. The number of hydrogen-bond donors (Lipinski definition) is 1. The van der Waals surface area contributed by atoms with E-state index in [1.807, 2.05) is 12.1 Å². The Morgan fingerprint density at radius 1 is 1.46 bits per heavy atom. The SMILES string of the molecule is O=C(O)C1Cc2ccccc2S1=O. The fraction of sp³-hybridized carbons (Fsp3) is 0.222. The highest BCUT2D eigenvalue weighted by Gasteiger charge is 2.34. The van der Waals surface area contributed by atoms with Crippen LogP contribution in [0.5, 0.6) is 0 Å². The lowest BCUT2D eigenvalue weighted by Gasteiger charge is -1.98. The van der Waals surface area contributed by atoms with E-state index in [2.05, 4.69) is 0 Å². The lowest BCUT2D eigenvalue weighted by molar-refractivity contribution is -0.136. The average molecular weight is 196 g/mol. The minimum absolute atomic E-state index is 0.387. The van der Waals surface area contributed by atoms with Crippen molar-refractivity contribution in [1.29, 1.82) is 0 Å². The van der Waals surface area contributed by atoms with Crippen LogP contribution in [-0.4, -0.2) is 20.5 Å². The molecule has 0 radical (unpaired) electrons. The van der Waals surface area contributed by atoms with Crippen molar-refractivity contribution in [3.05, 3.63) is 29.8 Å². The van der Waals surface area contributed by atoms with E-state index in [9.17, 15) is 9.00 Å². The average Bonchev–Trinajstić information content (AvgIpc) is 2.45. The Morgan fingerprint density at radius 2 is 2.15 bits per heavy atom. The maximum absolute atomic E-state index is 11.6. The smallest absolute Gasteiger partial charge is 0.320 e. The Balaban J connectivity index is 2.44. The van der Waals surface area contributed by atoms with E-state index in [4.69, 9.17) is 5.11 Å². The summed E-state index contributed by atoms with van der Waals surface area (Å²) in [7, 11) is -1.37. The van der Waals surface area contributed by atoms with Gasteiger partial charge in [-0.2, -0.15) is 0 Å². The van der Waals surface area contributed by atoms with Crippen LogP contribution in [0.3, 0.4) is 0 Å². The first-order chi connectivity index (χ1) is 6.20. The second-order valence-electron chi connectivity index (χ2n) is 2.94. The Bertz CT molecular complexity index is 386. The molecule has 2 unspecified atom stereocenters. The van der Waals surface area contributed by atoms with Gasteiger partial charge in [-0.05, 0) is 18.1 Å². The van der Waals surface area contributed by atoms with E-state index in [0.29, 0.717) is 11.3 Å². The molecule has 2 rings (SSSR count). The number of aliphatic carboxylic acids is 1. The summed E-state index contributed by atoms with van der Waals surface area (Å²) >= 11 is 0. The van der Waals surface area contributed by atoms with E-state index in [-0.39, 0.29) is 0 Å². The molecule has 3 nitrogen and oxygen atoms in total. The monoisotopic (exact) mass is 196 g/mol. The summed E-state index contributed by atoms with van der Waals surface area (Å²) in [5.74, 6) is -0.977. The molecule has 1 heterocycles. The van der Waals surface area contributed by atoms with Gasteiger partial charge in [0, 0.05) is 4.90 Å². The maximum atomic E-state index is 11.6. The molecule has 0 fully saturated rings. The first kappa shape index (κ1) is 8.44. The lowest BCUT2D eigenvalue weighted by Crippen LogP contribution is -2.22. The quantitative estimate of drug-likeness (QED) is 0.723. The molecule has 0 saturated heterocycles. The molecule has 1 aromatic carbocycles. The second-order valence-corrected chi connectivity index (χ2v) is 4.54. The normalized spacial score (nSPS) is 25.5. The van der Waals surface area contributed by atoms with Crippen LogP contribution in [0.2, 0.25) is 0 Å². The van der Waals surface area contributed by atoms with Gasteiger partial charge in [0.2, 0.25) is 0 Å². The van der Waals surface area contributed by atoms with Crippen LogP contribution in [-0.2, 0) is 22.0 Å². The van der Waals surface area contributed by atoms with E-state index in [0.717, 1.165) is 5.56 Å². The molecule has 0 amide bonds. The summed E-state index contributed by atoms with van der Waals surface area (Å²) in [5, 5.41) is 8.01. The molecule has 0 bridgehead atoms. The molecular weight excluding hydrogens is 188 g/mol. The van der Waals surface area contributed by atoms with Gasteiger partial charge in [-0.25, -0.2) is 0 Å². The zero-order valence-electron chi connectivity index (χ0n) is 6.77. The molecule has 1 N–H and O–H groups in total. The zero-order valence-corrected chi connectivity index (χ0v) is 7.58. The molecular formula is C9H8O3S. The molecule has 68 valence electrons. The summed E-state index contributed by atoms with van der Waals surface area (Å²) in [6.07, 6.45) is 0.387. The summed E-state index contributed by atoms with van der Waals surface area (Å²) in [5.41, 5.74) is 0.897. The maximum Gasteiger partial charge on any atom is 0.320 e. The number of carboxylic acid groups (broad SMARTS) is 1. The van der Waals surface area contributed by atoms with Gasteiger partial charge in [-0.15, -0.1) is 0 Å². The van der Waals surface area contributed by atoms with Crippen LogP contribution in [0.4, 0.5) is 0 Å². The van der Waals surface area contributed by atoms with Crippen LogP contribution in [0.15, 0.2) is 29.2 Å². The predicted molar refractivity (Wildman–Crippen MR) is 48.0 cm³/mol. The van der Waals surface area contributed by atoms with Gasteiger partial charge in [0.05, 0.1) is 10.8 Å². The van der Waals surface area contributed by atoms with E-state index in [1.54, 1.807) is 12.1 Å². The highest BCUT2D eigenvalue weighted by atomic mass is 32.2. The van der Waals surface area contributed by atoms with Crippen molar-refractivity contribution in [2.45, 2.75) is 16.6 Å². The number of hydrogen-bond acceptors (Lipinski definition) is 2. The highest BCUT2D eigenvalue weighted by Crippen LogP contribution is 2.27.